The number of H-pyrrole nitrogens is 1. The Morgan fingerprint density at radius 3 is 2.86 bits per heavy atom. The van der Waals surface area contributed by atoms with E-state index in [1.807, 2.05) is 30.0 Å². The van der Waals surface area contributed by atoms with E-state index in [0.717, 1.165) is 42.8 Å². The summed E-state index contributed by atoms with van der Waals surface area (Å²) in [6.07, 6.45) is 10.0. The molecule has 0 bridgehead atoms. The Morgan fingerprint density at radius 2 is 2.05 bits per heavy atom. The number of aromatic amines is 1. The largest absolute Gasteiger partial charge is 0.361 e. The number of rotatable bonds is 8. The molecule has 3 aliphatic heterocycles. The van der Waals surface area contributed by atoms with E-state index < -0.39 is 0 Å². The highest BCUT2D eigenvalue weighted by molar-refractivity contribution is 7.10. The zero-order valence-corrected chi connectivity index (χ0v) is 21.9. The summed E-state index contributed by atoms with van der Waals surface area (Å²) < 4.78 is 0. The van der Waals surface area contributed by atoms with Gasteiger partial charge in [-0.25, -0.2) is 0 Å². The van der Waals surface area contributed by atoms with Crippen LogP contribution in [-0.4, -0.2) is 77.0 Å². The lowest BCUT2D eigenvalue weighted by molar-refractivity contribution is -0.124. The van der Waals surface area contributed by atoms with E-state index in [4.69, 9.17) is 9.98 Å². The average Bonchev–Trinajstić information content (AvgIpc) is 3.67. The first-order chi connectivity index (χ1) is 18.0. The molecule has 2 saturated heterocycles. The van der Waals surface area contributed by atoms with Crippen LogP contribution in [0.5, 0.6) is 0 Å². The topological polar surface area (TPSA) is 93.2 Å². The molecule has 0 radical (unpaired) electrons. The predicted octanol–water partition coefficient (Wildman–Crippen LogP) is 3.05. The van der Waals surface area contributed by atoms with E-state index in [1.165, 1.54) is 30.8 Å². The number of amidine groups is 1. The van der Waals surface area contributed by atoms with Crippen molar-refractivity contribution in [2.24, 2.45) is 9.98 Å². The second kappa shape index (κ2) is 10.2. The molecule has 4 aliphatic rings. The van der Waals surface area contributed by atoms with Crippen molar-refractivity contribution in [3.05, 3.63) is 73.9 Å². The smallest absolute Gasteiger partial charge is 0.261 e. The van der Waals surface area contributed by atoms with Gasteiger partial charge in [0.15, 0.2) is 0 Å². The van der Waals surface area contributed by atoms with Gasteiger partial charge in [0.25, 0.3) is 11.5 Å². The number of pyridine rings is 1. The maximum absolute atomic E-state index is 13.1. The third kappa shape index (κ3) is 4.98. The van der Waals surface area contributed by atoms with Gasteiger partial charge in [0.1, 0.15) is 11.4 Å². The maximum atomic E-state index is 13.1. The van der Waals surface area contributed by atoms with E-state index in [2.05, 4.69) is 32.7 Å². The molecule has 2 atom stereocenters. The van der Waals surface area contributed by atoms with E-state index in [0.29, 0.717) is 23.6 Å². The molecular weight excluding hydrogens is 484 g/mol. The van der Waals surface area contributed by atoms with Gasteiger partial charge < -0.3 is 20.1 Å². The minimum atomic E-state index is -0.226. The second-order valence-electron chi connectivity index (χ2n) is 10.2. The highest BCUT2D eigenvalue weighted by atomic mass is 32.1. The summed E-state index contributed by atoms with van der Waals surface area (Å²) in [5, 5.41) is 5.49. The normalized spacial score (nSPS) is 23.5. The van der Waals surface area contributed by atoms with Gasteiger partial charge in [-0.3, -0.25) is 19.6 Å². The molecule has 0 aromatic carbocycles. The van der Waals surface area contributed by atoms with Crippen LogP contribution in [0.2, 0.25) is 0 Å². The van der Waals surface area contributed by atoms with Crippen molar-refractivity contribution < 1.29 is 4.79 Å². The number of hydrogen-bond acceptors (Lipinski definition) is 7. The number of likely N-dealkylation sites (tertiary alicyclic amines) is 2. The van der Waals surface area contributed by atoms with E-state index in [-0.39, 0.29) is 23.6 Å². The fraction of sp³-hybridized carbons (Fsp3) is 0.429. The lowest BCUT2D eigenvalue weighted by Gasteiger charge is -2.18. The van der Waals surface area contributed by atoms with Crippen molar-refractivity contribution in [3.8, 4) is 0 Å². The lowest BCUT2D eigenvalue weighted by Crippen LogP contribution is -2.36. The molecule has 2 fully saturated rings. The minimum Gasteiger partial charge on any atom is -0.361 e. The van der Waals surface area contributed by atoms with Crippen molar-refractivity contribution in [2.75, 3.05) is 32.7 Å². The van der Waals surface area contributed by atoms with E-state index in [9.17, 15) is 9.59 Å². The molecule has 1 aliphatic carbocycles. The third-order valence-electron chi connectivity index (χ3n) is 7.49. The molecule has 6 rings (SSSR count). The van der Waals surface area contributed by atoms with Crippen LogP contribution in [0.1, 0.15) is 36.6 Å². The monoisotopic (exact) mass is 516 g/mol. The van der Waals surface area contributed by atoms with E-state index >= 15 is 0 Å². The van der Waals surface area contributed by atoms with Crippen molar-refractivity contribution in [1.29, 1.82) is 0 Å². The molecule has 2 aromatic rings. The Hall–Kier alpha value is -3.30. The van der Waals surface area contributed by atoms with E-state index in [1.54, 1.807) is 17.5 Å². The van der Waals surface area contributed by atoms with Gasteiger partial charge in [0.2, 0.25) is 0 Å². The molecule has 1 amide bonds. The van der Waals surface area contributed by atoms with Crippen molar-refractivity contribution >= 4 is 34.5 Å². The average molecular weight is 517 g/mol. The minimum absolute atomic E-state index is 0.0743. The molecule has 37 heavy (non-hydrogen) atoms. The summed E-state index contributed by atoms with van der Waals surface area (Å²) in [5.74, 6) is 0.630. The number of hydrogen-bond donors (Lipinski definition) is 2. The van der Waals surface area contributed by atoms with Gasteiger partial charge in [-0.2, -0.15) is 0 Å². The van der Waals surface area contributed by atoms with Crippen molar-refractivity contribution in [2.45, 2.75) is 44.7 Å². The van der Waals surface area contributed by atoms with Crippen LogP contribution < -0.4 is 10.9 Å². The first kappa shape index (κ1) is 24.1. The quantitative estimate of drug-likeness (QED) is 0.528. The maximum Gasteiger partial charge on any atom is 0.261 e. The summed E-state index contributed by atoms with van der Waals surface area (Å²) >= 11 is 1.70. The van der Waals surface area contributed by atoms with Crippen LogP contribution in [-0.2, 0) is 11.2 Å². The van der Waals surface area contributed by atoms with Gasteiger partial charge in [0.05, 0.1) is 17.8 Å². The Balaban J connectivity index is 1.18. The van der Waals surface area contributed by atoms with Gasteiger partial charge >= 0.3 is 0 Å². The number of carbonyl (C=O) groups excluding carboxylic acids is 1. The standard InChI is InChI=1S/C28H32N6O2S/c1-18(14-20-6-4-13-37-20)30-22-7-8-29-27(35)25(22)26-31-23-15-19-17-34(12-5-11-33-9-2-3-10-33)28(36)21(19)16-24(23)32-26/h4,6-8,13,15-16,23-24H,2-3,5,9-12,14,17H2,1H3,(H,29,35)(H,31,32). The van der Waals surface area contributed by atoms with Crippen LogP contribution >= 0.6 is 11.3 Å². The second-order valence-corrected chi connectivity index (χ2v) is 11.2. The Kier molecular flexibility index (Phi) is 6.65. The number of aliphatic imine (C=N–C) groups is 2. The summed E-state index contributed by atoms with van der Waals surface area (Å²) in [5.41, 5.74) is 3.57. The summed E-state index contributed by atoms with van der Waals surface area (Å²) in [7, 11) is 0. The number of carbonyl (C=O) groups is 1. The molecule has 192 valence electrons. The highest BCUT2D eigenvalue weighted by Gasteiger charge is 2.39. The van der Waals surface area contributed by atoms with Crippen LogP contribution in [0.25, 0.3) is 0 Å². The zero-order valence-electron chi connectivity index (χ0n) is 21.1. The number of fused-ring (bicyclic) bond motifs is 2. The summed E-state index contributed by atoms with van der Waals surface area (Å²) in [4.78, 5) is 44.1. The Morgan fingerprint density at radius 1 is 1.19 bits per heavy atom. The first-order valence-corrected chi connectivity index (χ1v) is 14.0. The zero-order chi connectivity index (χ0) is 25.4. The molecule has 8 nitrogen and oxygen atoms in total. The van der Waals surface area contributed by atoms with Crippen LogP contribution in [0.3, 0.4) is 0 Å². The predicted molar refractivity (Wildman–Crippen MR) is 148 cm³/mol. The molecule has 0 saturated carbocycles. The lowest BCUT2D eigenvalue weighted by atomic mass is 9.94. The number of aromatic nitrogens is 1. The molecule has 0 spiro atoms. The third-order valence-corrected chi connectivity index (χ3v) is 8.37. The highest BCUT2D eigenvalue weighted by Crippen LogP contribution is 2.32. The summed E-state index contributed by atoms with van der Waals surface area (Å²) in [6.45, 7) is 6.84. The van der Waals surface area contributed by atoms with Crippen LogP contribution in [0.15, 0.2) is 67.9 Å². The van der Waals surface area contributed by atoms with Crippen molar-refractivity contribution in [3.63, 3.8) is 0 Å². The van der Waals surface area contributed by atoms with Gasteiger partial charge in [-0.15, -0.1) is 11.3 Å². The van der Waals surface area contributed by atoms with Crippen LogP contribution in [0, 0.1) is 0 Å². The fourth-order valence-electron chi connectivity index (χ4n) is 5.68. The summed E-state index contributed by atoms with van der Waals surface area (Å²) in [6, 6.07) is 5.64. The fourth-order valence-corrected chi connectivity index (χ4v) is 6.46. The van der Waals surface area contributed by atoms with Gasteiger partial charge in [-0.05, 0) is 75.0 Å². The van der Waals surface area contributed by atoms with Gasteiger partial charge in [0, 0.05) is 41.9 Å². The number of thiophene rings is 1. The van der Waals surface area contributed by atoms with Gasteiger partial charge in [-0.1, -0.05) is 12.1 Å². The Bertz CT molecular complexity index is 1360. The van der Waals surface area contributed by atoms with Crippen LogP contribution in [0.4, 0.5) is 5.69 Å². The van der Waals surface area contributed by atoms with Crippen molar-refractivity contribution in [1.82, 2.24) is 20.1 Å². The number of nitrogens with zero attached hydrogens (tertiary/aromatic N) is 4. The molecular formula is C28H32N6O2S. The SMILES string of the molecule is CC(Cc1cccs1)=Nc1cc[nH]c(=O)c1C1=NC2C=C3C(=O)N(CCCN4CCCC4)CC3=CC2N1. The molecule has 2 N–H and O–H groups in total. The number of amides is 1. The molecule has 9 heteroatoms. The molecule has 2 aromatic heterocycles. The Labute approximate surface area is 220 Å². The first-order valence-electron chi connectivity index (χ1n) is 13.1. The molecule has 5 heterocycles. The molecule has 2 unspecified atom stereocenters. The number of nitrogens with one attached hydrogen (secondary N) is 2.